The third kappa shape index (κ3) is 5.99. The Morgan fingerprint density at radius 1 is 1.02 bits per heavy atom. The molecular weight excluding hydrogens is 610 g/mol. The van der Waals surface area contributed by atoms with E-state index < -0.39 is 63.7 Å². The highest BCUT2D eigenvalue weighted by molar-refractivity contribution is 7.90. The summed E-state index contributed by atoms with van der Waals surface area (Å²) in [6.07, 6.45) is 2.58. The third-order valence-corrected chi connectivity index (χ3v) is 10.5. The molecule has 2 bridgehead atoms. The molecule has 2 amide bonds. The average molecular weight is 642 g/mol. The normalized spacial score (nSPS) is 25.4. The minimum atomic E-state index is -5.53. The summed E-state index contributed by atoms with van der Waals surface area (Å²) in [5, 5.41) is 14.8. The Morgan fingerprint density at radius 3 is 2.34 bits per heavy atom. The molecule has 2 aliphatic carbocycles. The second-order valence-electron chi connectivity index (χ2n) is 11.4. The first-order valence-corrected chi connectivity index (χ1v) is 15.5. The van der Waals surface area contributed by atoms with E-state index in [9.17, 15) is 36.0 Å². The van der Waals surface area contributed by atoms with Crippen LogP contribution in [-0.2, 0) is 14.8 Å². The molecule has 3 aliphatic rings. The maximum atomic E-state index is 15.0. The zero-order valence-electron chi connectivity index (χ0n) is 23.6. The van der Waals surface area contributed by atoms with E-state index in [0.29, 0.717) is 22.7 Å². The Balaban J connectivity index is 1.34. The monoisotopic (exact) mass is 641 g/mol. The Kier molecular flexibility index (Phi) is 8.64. The van der Waals surface area contributed by atoms with Crippen LogP contribution in [0, 0.1) is 23.6 Å². The zero-order chi connectivity index (χ0) is 32.0. The number of methoxy groups -OCH3 is 1. The van der Waals surface area contributed by atoms with E-state index in [-0.39, 0.29) is 47.2 Å². The van der Waals surface area contributed by atoms with Crippen molar-refractivity contribution in [1.29, 1.82) is 0 Å². The van der Waals surface area contributed by atoms with Crippen LogP contribution in [0.3, 0.4) is 0 Å². The molecule has 5 atom stereocenters. The second kappa shape index (κ2) is 12.0. The van der Waals surface area contributed by atoms with E-state index in [0.717, 1.165) is 18.9 Å². The van der Waals surface area contributed by atoms with Crippen molar-refractivity contribution in [2.75, 3.05) is 20.2 Å². The van der Waals surface area contributed by atoms with Gasteiger partial charge < -0.3 is 20.5 Å². The first kappa shape index (κ1) is 31.7. The summed E-state index contributed by atoms with van der Waals surface area (Å²) < 4.78 is 83.8. The van der Waals surface area contributed by atoms with Crippen LogP contribution >= 0.6 is 0 Å². The molecule has 1 aliphatic heterocycles. The van der Waals surface area contributed by atoms with Gasteiger partial charge in [0.2, 0.25) is 5.91 Å². The van der Waals surface area contributed by atoms with Crippen molar-refractivity contribution in [1.82, 2.24) is 14.9 Å². The SMILES string of the molecule is COc1cc(F)c(-c2ccc(C(=O)O)cc2)cc1C(=O)NC1C2CCC(C2)C1C(=O)NC1CCCN(S(=O)(=O)C(F)(F)F)C1. The second-order valence-corrected chi connectivity index (χ2v) is 13.4. The number of aromatic carboxylic acids is 1. The quantitative estimate of drug-likeness (QED) is 0.373. The van der Waals surface area contributed by atoms with E-state index >= 15 is 4.39 Å². The number of carboxylic acid groups (broad SMARTS) is 1. The minimum Gasteiger partial charge on any atom is -0.496 e. The standard InChI is InChI=1S/C29H31F4N3O7S/c1-43-23-13-22(30)20(15-4-6-16(7-5-15)28(39)40)12-21(23)26(37)35-25-18-9-8-17(11-18)24(25)27(38)34-19-3-2-10-36(14-19)44(41,42)29(31,32)33/h4-7,12-13,17-19,24-25H,2-3,8-11,14H2,1H3,(H,34,38)(H,35,37)(H,39,40). The van der Waals surface area contributed by atoms with Gasteiger partial charge in [0.15, 0.2) is 0 Å². The molecule has 0 aromatic heterocycles. The number of fused-ring (bicyclic) bond motifs is 2. The molecule has 2 saturated carbocycles. The molecule has 3 fully saturated rings. The van der Waals surface area contributed by atoms with E-state index in [4.69, 9.17) is 9.84 Å². The molecule has 0 spiro atoms. The number of alkyl halides is 3. The van der Waals surface area contributed by atoms with Gasteiger partial charge in [-0.05, 0) is 67.7 Å². The molecule has 1 saturated heterocycles. The van der Waals surface area contributed by atoms with Crippen molar-refractivity contribution in [3.63, 3.8) is 0 Å². The maximum absolute atomic E-state index is 15.0. The minimum absolute atomic E-state index is 0.00384. The number of carbonyl (C=O) groups excluding carboxylic acids is 2. The van der Waals surface area contributed by atoms with Crippen LogP contribution in [0.15, 0.2) is 36.4 Å². The summed E-state index contributed by atoms with van der Waals surface area (Å²) in [4.78, 5) is 38.3. The van der Waals surface area contributed by atoms with Crippen molar-refractivity contribution in [2.45, 2.75) is 49.7 Å². The smallest absolute Gasteiger partial charge is 0.496 e. The van der Waals surface area contributed by atoms with Crippen LogP contribution < -0.4 is 15.4 Å². The van der Waals surface area contributed by atoms with Crippen molar-refractivity contribution in [3.05, 3.63) is 53.3 Å². The molecule has 10 nitrogen and oxygen atoms in total. The van der Waals surface area contributed by atoms with Gasteiger partial charge in [-0.1, -0.05) is 12.1 Å². The lowest BCUT2D eigenvalue weighted by Gasteiger charge is -2.35. The van der Waals surface area contributed by atoms with Crippen LogP contribution in [0.5, 0.6) is 5.75 Å². The lowest BCUT2D eigenvalue weighted by atomic mass is 9.83. The zero-order valence-corrected chi connectivity index (χ0v) is 24.4. The van der Waals surface area contributed by atoms with Gasteiger partial charge in [0.05, 0.1) is 24.2 Å². The topological polar surface area (TPSA) is 142 Å². The number of piperidine rings is 1. The molecule has 0 radical (unpaired) electrons. The third-order valence-electron chi connectivity index (χ3n) is 8.86. The molecule has 5 unspecified atom stereocenters. The summed E-state index contributed by atoms with van der Waals surface area (Å²) in [7, 11) is -4.26. The van der Waals surface area contributed by atoms with Crippen molar-refractivity contribution >= 4 is 27.8 Å². The van der Waals surface area contributed by atoms with Crippen LogP contribution in [0.25, 0.3) is 11.1 Å². The predicted octanol–water partition coefficient (Wildman–Crippen LogP) is 3.77. The van der Waals surface area contributed by atoms with Crippen molar-refractivity contribution in [3.8, 4) is 16.9 Å². The molecule has 2 aromatic carbocycles. The highest BCUT2D eigenvalue weighted by atomic mass is 32.2. The number of rotatable bonds is 8. The number of hydrogen-bond donors (Lipinski definition) is 3. The Hall–Kier alpha value is -3.72. The highest BCUT2D eigenvalue weighted by Gasteiger charge is 2.53. The molecular formula is C29H31F4N3O7S. The van der Waals surface area contributed by atoms with Gasteiger partial charge in [0.1, 0.15) is 11.6 Å². The summed E-state index contributed by atoms with van der Waals surface area (Å²) in [5.74, 6) is -3.81. The summed E-state index contributed by atoms with van der Waals surface area (Å²) >= 11 is 0. The largest absolute Gasteiger partial charge is 0.511 e. The van der Waals surface area contributed by atoms with Crippen molar-refractivity contribution < 1.29 is 50.2 Å². The molecule has 44 heavy (non-hydrogen) atoms. The molecule has 238 valence electrons. The van der Waals surface area contributed by atoms with Crippen LogP contribution in [0.2, 0.25) is 0 Å². The van der Waals surface area contributed by atoms with E-state index in [1.54, 1.807) is 0 Å². The Labute approximate surface area is 250 Å². The lowest BCUT2D eigenvalue weighted by Crippen LogP contribution is -2.56. The van der Waals surface area contributed by atoms with E-state index in [1.165, 1.54) is 37.4 Å². The van der Waals surface area contributed by atoms with Gasteiger partial charge in [-0.2, -0.15) is 17.5 Å². The average Bonchev–Trinajstić information content (AvgIpc) is 3.58. The summed E-state index contributed by atoms with van der Waals surface area (Å²) in [6, 6.07) is 6.35. The first-order chi connectivity index (χ1) is 20.7. The maximum Gasteiger partial charge on any atom is 0.511 e. The first-order valence-electron chi connectivity index (χ1n) is 14.1. The lowest BCUT2D eigenvalue weighted by molar-refractivity contribution is -0.128. The van der Waals surface area contributed by atoms with Gasteiger partial charge >= 0.3 is 21.5 Å². The number of hydrogen-bond acceptors (Lipinski definition) is 6. The van der Waals surface area contributed by atoms with Crippen LogP contribution in [-0.4, -0.2) is 73.4 Å². The van der Waals surface area contributed by atoms with Gasteiger partial charge in [-0.15, -0.1) is 0 Å². The molecule has 15 heteroatoms. The number of benzene rings is 2. The highest BCUT2D eigenvalue weighted by Crippen LogP contribution is 2.49. The van der Waals surface area contributed by atoms with E-state index in [2.05, 4.69) is 10.6 Å². The fourth-order valence-electron chi connectivity index (χ4n) is 6.74. The summed E-state index contributed by atoms with van der Waals surface area (Å²) in [5.41, 5.74) is -5.08. The molecule has 5 rings (SSSR count). The van der Waals surface area contributed by atoms with E-state index in [1.807, 2.05) is 0 Å². The Bertz CT molecular complexity index is 1570. The molecule has 1 heterocycles. The number of nitrogens with zero attached hydrogens (tertiary/aromatic N) is 1. The van der Waals surface area contributed by atoms with Crippen LogP contribution in [0.4, 0.5) is 17.6 Å². The van der Waals surface area contributed by atoms with Crippen molar-refractivity contribution in [2.24, 2.45) is 17.8 Å². The van der Waals surface area contributed by atoms with Crippen LogP contribution in [0.1, 0.15) is 52.8 Å². The Morgan fingerprint density at radius 2 is 1.70 bits per heavy atom. The van der Waals surface area contributed by atoms with Gasteiger partial charge in [0, 0.05) is 36.8 Å². The number of amides is 2. The number of ether oxygens (including phenoxy) is 1. The number of sulfonamides is 1. The molecule has 3 N–H and O–H groups in total. The number of carboxylic acids is 1. The van der Waals surface area contributed by atoms with Gasteiger partial charge in [-0.3, -0.25) is 9.59 Å². The number of halogens is 4. The fourth-order valence-corrected chi connectivity index (χ4v) is 7.78. The van der Waals surface area contributed by atoms with Gasteiger partial charge in [-0.25, -0.2) is 17.6 Å². The predicted molar refractivity (Wildman–Crippen MR) is 149 cm³/mol. The number of carbonyl (C=O) groups is 3. The summed E-state index contributed by atoms with van der Waals surface area (Å²) in [6.45, 7) is -0.805. The number of nitrogens with one attached hydrogen (secondary N) is 2. The molecule has 2 aromatic rings. The van der Waals surface area contributed by atoms with Gasteiger partial charge in [0.25, 0.3) is 5.91 Å². The fraction of sp³-hybridized carbons (Fsp3) is 0.483.